The van der Waals surface area contributed by atoms with Crippen LogP contribution in [0.4, 0.5) is 0 Å². The zero-order valence-corrected chi connectivity index (χ0v) is 15.9. The Balaban J connectivity index is 0.00000288. The Morgan fingerprint density at radius 3 is 1.96 bits per heavy atom. The molecule has 1 aliphatic rings. The summed E-state index contributed by atoms with van der Waals surface area (Å²) < 4.78 is 0. The molecular formula is C17H25Cl2N3O2. The maximum atomic E-state index is 12.4. The molecule has 0 unspecified atom stereocenters. The number of nitrogens with zero attached hydrogens (tertiary/aromatic N) is 2. The number of carbonyl (C=O) groups excluding carboxylic acids is 2. The van der Waals surface area contributed by atoms with Gasteiger partial charge in [0.25, 0.3) is 5.91 Å². The van der Waals surface area contributed by atoms with Crippen LogP contribution in [0.15, 0.2) is 24.3 Å². The first-order chi connectivity index (χ1) is 10.7. The number of amides is 2. The lowest BCUT2D eigenvalue weighted by Crippen LogP contribution is -2.56. The first-order valence-corrected chi connectivity index (χ1v) is 8.17. The normalized spacial score (nSPS) is 16.4. The number of carbonyl (C=O) groups is 2. The number of rotatable bonds is 2. The largest absolute Gasteiger partial charge is 0.338 e. The average molecular weight is 374 g/mol. The highest BCUT2D eigenvalue weighted by Gasteiger charge is 2.33. The molecule has 24 heavy (non-hydrogen) atoms. The minimum atomic E-state index is -0.527. The van der Waals surface area contributed by atoms with Crippen molar-refractivity contribution < 1.29 is 9.59 Å². The first kappa shape index (κ1) is 20.7. The zero-order chi connectivity index (χ0) is 17.2. The molecule has 0 bridgehead atoms. The molecule has 1 fully saturated rings. The summed E-state index contributed by atoms with van der Waals surface area (Å²) in [7, 11) is 0. The molecule has 1 aromatic rings. The number of hydrogen-bond acceptors (Lipinski definition) is 3. The van der Waals surface area contributed by atoms with Crippen molar-refractivity contribution in [3.8, 4) is 0 Å². The molecule has 1 aromatic carbocycles. The fourth-order valence-electron chi connectivity index (χ4n) is 2.47. The van der Waals surface area contributed by atoms with Gasteiger partial charge in [0.1, 0.15) is 0 Å². The van der Waals surface area contributed by atoms with Gasteiger partial charge in [-0.15, -0.1) is 12.4 Å². The van der Waals surface area contributed by atoms with E-state index < -0.39 is 6.04 Å². The molecule has 0 aromatic heterocycles. The highest BCUT2D eigenvalue weighted by Crippen LogP contribution is 2.20. The number of hydrogen-bond donors (Lipinski definition) is 1. The minimum Gasteiger partial charge on any atom is -0.338 e. The molecule has 1 aliphatic heterocycles. The van der Waals surface area contributed by atoms with Gasteiger partial charge in [0.15, 0.2) is 0 Å². The Labute approximate surface area is 154 Å². The van der Waals surface area contributed by atoms with Crippen LogP contribution in [0.5, 0.6) is 0 Å². The lowest BCUT2D eigenvalue weighted by atomic mass is 9.86. The summed E-state index contributed by atoms with van der Waals surface area (Å²) in [5.41, 5.74) is 6.38. The van der Waals surface area contributed by atoms with Crippen LogP contribution in [-0.2, 0) is 4.79 Å². The molecule has 0 spiro atoms. The lowest BCUT2D eigenvalue weighted by molar-refractivity contribution is -0.136. The lowest BCUT2D eigenvalue weighted by Gasteiger charge is -2.38. The second-order valence-electron chi connectivity index (χ2n) is 6.97. The molecule has 1 heterocycles. The van der Waals surface area contributed by atoms with Gasteiger partial charge >= 0.3 is 0 Å². The topological polar surface area (TPSA) is 66.6 Å². The van der Waals surface area contributed by atoms with Crippen LogP contribution in [0.3, 0.4) is 0 Å². The fraction of sp³-hybridized carbons (Fsp3) is 0.529. The molecule has 2 N–H and O–H groups in total. The quantitative estimate of drug-likeness (QED) is 0.865. The van der Waals surface area contributed by atoms with Crippen LogP contribution in [0.25, 0.3) is 0 Å². The van der Waals surface area contributed by atoms with Gasteiger partial charge in [0.2, 0.25) is 5.91 Å². The van der Waals surface area contributed by atoms with Crippen LogP contribution in [0.2, 0.25) is 5.02 Å². The van der Waals surface area contributed by atoms with Crippen LogP contribution < -0.4 is 5.73 Å². The van der Waals surface area contributed by atoms with Gasteiger partial charge < -0.3 is 15.5 Å². The van der Waals surface area contributed by atoms with Crippen molar-refractivity contribution in [3.05, 3.63) is 34.9 Å². The SMILES string of the molecule is CC(C)(C)[C@H](N)C(=O)N1CCN(C(=O)c2ccc(Cl)cc2)CC1.Cl. The van der Waals surface area contributed by atoms with Crippen molar-refractivity contribution in [3.63, 3.8) is 0 Å². The van der Waals surface area contributed by atoms with Gasteiger partial charge in [0, 0.05) is 36.8 Å². The van der Waals surface area contributed by atoms with E-state index in [4.69, 9.17) is 17.3 Å². The second-order valence-corrected chi connectivity index (χ2v) is 7.40. The molecule has 0 radical (unpaired) electrons. The predicted molar refractivity (Wildman–Crippen MR) is 98.6 cm³/mol. The molecule has 0 aliphatic carbocycles. The fourth-order valence-corrected chi connectivity index (χ4v) is 2.60. The van der Waals surface area contributed by atoms with E-state index in [9.17, 15) is 9.59 Å². The van der Waals surface area contributed by atoms with Gasteiger partial charge in [-0.1, -0.05) is 32.4 Å². The Kier molecular flexibility index (Phi) is 7.08. The smallest absolute Gasteiger partial charge is 0.253 e. The van der Waals surface area contributed by atoms with Crippen LogP contribution in [-0.4, -0.2) is 53.8 Å². The third-order valence-corrected chi connectivity index (χ3v) is 4.42. The summed E-state index contributed by atoms with van der Waals surface area (Å²) >= 11 is 5.84. The molecular weight excluding hydrogens is 349 g/mol. The van der Waals surface area contributed by atoms with Crippen molar-refractivity contribution in [2.24, 2.45) is 11.1 Å². The van der Waals surface area contributed by atoms with Crippen molar-refractivity contribution in [1.29, 1.82) is 0 Å². The summed E-state index contributed by atoms with van der Waals surface area (Å²) in [4.78, 5) is 28.4. The minimum absolute atomic E-state index is 0. The monoisotopic (exact) mass is 373 g/mol. The first-order valence-electron chi connectivity index (χ1n) is 7.79. The van der Waals surface area contributed by atoms with Crippen LogP contribution >= 0.6 is 24.0 Å². The summed E-state index contributed by atoms with van der Waals surface area (Å²) in [5, 5.41) is 0.605. The number of benzene rings is 1. The van der Waals surface area contributed by atoms with E-state index in [0.717, 1.165) is 0 Å². The molecule has 1 atom stereocenters. The standard InChI is InChI=1S/C17H24ClN3O2.ClH/c1-17(2,3)14(19)16(23)21-10-8-20(9-11-21)15(22)12-4-6-13(18)7-5-12;/h4-7,14H,8-11,19H2,1-3H3;1H/t14-;/m1./s1. The maximum absolute atomic E-state index is 12.4. The van der Waals surface area contributed by atoms with E-state index in [1.807, 2.05) is 20.8 Å². The predicted octanol–water partition coefficient (Wildman–Crippen LogP) is 2.42. The molecule has 134 valence electrons. The van der Waals surface area contributed by atoms with Gasteiger partial charge in [-0.05, 0) is 29.7 Å². The Morgan fingerprint density at radius 2 is 1.50 bits per heavy atom. The Bertz CT molecular complexity index is 576. The van der Waals surface area contributed by atoms with Crippen molar-refractivity contribution in [2.45, 2.75) is 26.8 Å². The van der Waals surface area contributed by atoms with Crippen molar-refractivity contribution >= 4 is 35.8 Å². The summed E-state index contributed by atoms with van der Waals surface area (Å²) in [6.45, 7) is 7.93. The molecule has 1 saturated heterocycles. The van der Waals surface area contributed by atoms with E-state index in [1.54, 1.807) is 34.1 Å². The maximum Gasteiger partial charge on any atom is 0.253 e. The van der Waals surface area contributed by atoms with E-state index in [2.05, 4.69) is 0 Å². The summed E-state index contributed by atoms with van der Waals surface area (Å²) in [6.07, 6.45) is 0. The van der Waals surface area contributed by atoms with E-state index in [0.29, 0.717) is 36.8 Å². The molecule has 2 amide bonds. The highest BCUT2D eigenvalue weighted by molar-refractivity contribution is 6.30. The zero-order valence-electron chi connectivity index (χ0n) is 14.3. The van der Waals surface area contributed by atoms with E-state index in [1.165, 1.54) is 0 Å². The summed E-state index contributed by atoms with van der Waals surface area (Å²) in [6, 6.07) is 6.32. The van der Waals surface area contributed by atoms with Gasteiger partial charge in [0.05, 0.1) is 6.04 Å². The average Bonchev–Trinajstić information content (AvgIpc) is 2.53. The Hall–Kier alpha value is -1.30. The van der Waals surface area contributed by atoms with Gasteiger partial charge in [-0.3, -0.25) is 9.59 Å². The second kappa shape index (κ2) is 8.19. The number of nitrogens with two attached hydrogens (primary N) is 1. The Morgan fingerprint density at radius 1 is 1.04 bits per heavy atom. The van der Waals surface area contributed by atoms with Gasteiger partial charge in [-0.25, -0.2) is 0 Å². The van der Waals surface area contributed by atoms with Crippen molar-refractivity contribution in [2.75, 3.05) is 26.2 Å². The van der Waals surface area contributed by atoms with E-state index in [-0.39, 0.29) is 29.6 Å². The molecule has 7 heteroatoms. The van der Waals surface area contributed by atoms with Gasteiger partial charge in [-0.2, -0.15) is 0 Å². The van der Waals surface area contributed by atoms with Crippen LogP contribution in [0.1, 0.15) is 31.1 Å². The number of piperazine rings is 1. The molecule has 2 rings (SSSR count). The highest BCUT2D eigenvalue weighted by atomic mass is 35.5. The van der Waals surface area contributed by atoms with Crippen LogP contribution in [0, 0.1) is 5.41 Å². The number of halogens is 2. The molecule has 0 saturated carbocycles. The van der Waals surface area contributed by atoms with Crippen molar-refractivity contribution in [1.82, 2.24) is 9.80 Å². The third-order valence-electron chi connectivity index (χ3n) is 4.17. The third kappa shape index (κ3) is 4.85. The summed E-state index contributed by atoms with van der Waals surface area (Å²) in [5.74, 6) is -0.0787. The molecule has 5 nitrogen and oxygen atoms in total. The van der Waals surface area contributed by atoms with E-state index >= 15 is 0 Å².